The molecule has 0 saturated heterocycles. The van der Waals surface area contributed by atoms with E-state index in [4.69, 9.17) is 4.74 Å². The van der Waals surface area contributed by atoms with E-state index in [0.717, 1.165) is 0 Å². The Morgan fingerprint density at radius 1 is 1.48 bits per heavy atom. The Morgan fingerprint density at radius 3 is 2.67 bits per heavy atom. The van der Waals surface area contributed by atoms with Crippen LogP contribution in [0.1, 0.15) is 18.4 Å². The number of carbonyl (C=O) groups excluding carboxylic acids is 1. The highest BCUT2D eigenvalue weighted by atomic mass is 16.6. The Kier molecular flexibility index (Phi) is 3.60. The topological polar surface area (TPSA) is 117 Å². The molecule has 1 fully saturated rings. The van der Waals surface area contributed by atoms with Crippen molar-refractivity contribution >= 4 is 11.7 Å². The van der Waals surface area contributed by atoms with Gasteiger partial charge in [0, 0.05) is 18.1 Å². The van der Waals surface area contributed by atoms with Crippen molar-refractivity contribution in [1.29, 1.82) is 10.5 Å². The number of nitro groups is 1. The maximum atomic E-state index is 11.9. The molecule has 1 aliphatic rings. The third-order valence-corrected chi connectivity index (χ3v) is 3.56. The third-order valence-electron chi connectivity index (χ3n) is 3.56. The minimum Gasteiger partial charge on any atom is -0.466 e. The van der Waals surface area contributed by atoms with Gasteiger partial charge in [-0.15, -0.1) is 0 Å². The van der Waals surface area contributed by atoms with Gasteiger partial charge in [-0.2, -0.15) is 10.5 Å². The molecule has 21 heavy (non-hydrogen) atoms. The predicted octanol–water partition coefficient (Wildman–Crippen LogP) is 1.90. The van der Waals surface area contributed by atoms with E-state index in [-0.39, 0.29) is 12.3 Å². The van der Waals surface area contributed by atoms with Crippen LogP contribution in [-0.2, 0) is 9.53 Å². The number of hydrogen-bond donors (Lipinski definition) is 0. The molecule has 7 heteroatoms. The lowest BCUT2D eigenvalue weighted by Gasteiger charge is -2.00. The number of rotatable bonds is 4. The summed E-state index contributed by atoms with van der Waals surface area (Å²) in [5, 5.41) is 29.3. The quantitative estimate of drug-likeness (QED) is 0.473. The number of non-ortho nitro benzene ring substituents is 1. The Balaban J connectivity index is 2.41. The summed E-state index contributed by atoms with van der Waals surface area (Å²) < 4.78 is 4.88. The fourth-order valence-electron chi connectivity index (χ4n) is 2.53. The Labute approximate surface area is 120 Å². The number of benzene rings is 1. The molecular weight excluding hydrogens is 274 g/mol. The highest BCUT2D eigenvalue weighted by molar-refractivity contribution is 5.82. The summed E-state index contributed by atoms with van der Waals surface area (Å²) in [6, 6.07) is 9.35. The van der Waals surface area contributed by atoms with Crippen molar-refractivity contribution in [3.8, 4) is 12.1 Å². The highest BCUT2D eigenvalue weighted by Gasteiger charge is 2.72. The predicted molar refractivity (Wildman–Crippen MR) is 69.6 cm³/mol. The minimum absolute atomic E-state index is 0.143. The zero-order valence-electron chi connectivity index (χ0n) is 11.1. The van der Waals surface area contributed by atoms with Gasteiger partial charge in [0.25, 0.3) is 5.69 Å². The molecule has 7 nitrogen and oxygen atoms in total. The van der Waals surface area contributed by atoms with Gasteiger partial charge in [0.15, 0.2) is 5.41 Å². The van der Waals surface area contributed by atoms with Crippen molar-refractivity contribution in [2.24, 2.45) is 11.3 Å². The van der Waals surface area contributed by atoms with Crippen LogP contribution in [0.3, 0.4) is 0 Å². The van der Waals surface area contributed by atoms with Crippen molar-refractivity contribution < 1.29 is 14.5 Å². The summed E-state index contributed by atoms with van der Waals surface area (Å²) in [5.74, 6) is -2.24. The molecule has 0 aliphatic heterocycles. The largest absolute Gasteiger partial charge is 0.466 e. The molecule has 0 N–H and O–H groups in total. The van der Waals surface area contributed by atoms with Crippen molar-refractivity contribution in [1.82, 2.24) is 0 Å². The van der Waals surface area contributed by atoms with Crippen molar-refractivity contribution in [2.45, 2.75) is 12.8 Å². The minimum atomic E-state index is -1.51. The van der Waals surface area contributed by atoms with Crippen LogP contribution < -0.4 is 0 Å². The van der Waals surface area contributed by atoms with Crippen LogP contribution in [0.2, 0.25) is 0 Å². The van der Waals surface area contributed by atoms with Crippen LogP contribution in [-0.4, -0.2) is 17.5 Å². The molecule has 2 atom stereocenters. The standard InChI is InChI=1S/C14H11N3O4/c1-2-21-13(18)12-11(14(12,7-15)8-16)9-4-3-5-10(6-9)17(19)20/h3-6,11-12H,2H2,1H3/t11-,12-/m1/s1. The molecule has 1 saturated carbocycles. The van der Waals surface area contributed by atoms with Crippen LogP contribution in [0.25, 0.3) is 0 Å². The second-order valence-corrected chi connectivity index (χ2v) is 4.65. The van der Waals surface area contributed by atoms with Gasteiger partial charge in [0.1, 0.15) is 0 Å². The smallest absolute Gasteiger partial charge is 0.312 e. The first-order valence-electron chi connectivity index (χ1n) is 6.25. The number of nitriles is 2. The van der Waals surface area contributed by atoms with E-state index in [1.807, 2.05) is 12.1 Å². The number of nitrogens with zero attached hydrogens (tertiary/aromatic N) is 3. The van der Waals surface area contributed by atoms with E-state index in [1.54, 1.807) is 13.0 Å². The molecule has 0 bridgehead atoms. The summed E-state index contributed by atoms with van der Waals surface area (Å²) in [5.41, 5.74) is -1.24. The lowest BCUT2D eigenvalue weighted by Crippen LogP contribution is -2.11. The van der Waals surface area contributed by atoms with E-state index < -0.39 is 28.1 Å². The first-order chi connectivity index (χ1) is 10.0. The zero-order valence-corrected chi connectivity index (χ0v) is 11.1. The van der Waals surface area contributed by atoms with E-state index in [0.29, 0.717) is 5.56 Å². The fraction of sp³-hybridized carbons (Fsp3) is 0.357. The van der Waals surface area contributed by atoms with Gasteiger partial charge in [0.2, 0.25) is 0 Å². The molecule has 0 aromatic heterocycles. The van der Waals surface area contributed by atoms with Gasteiger partial charge >= 0.3 is 5.97 Å². The molecular formula is C14H11N3O4. The lowest BCUT2D eigenvalue weighted by atomic mass is 10.0. The van der Waals surface area contributed by atoms with E-state index in [9.17, 15) is 25.4 Å². The van der Waals surface area contributed by atoms with Crippen LogP contribution in [0.4, 0.5) is 5.69 Å². The molecule has 2 rings (SSSR count). The Hall–Kier alpha value is -2.93. The molecule has 1 aromatic carbocycles. The average Bonchev–Trinajstić information content (AvgIpc) is 3.17. The van der Waals surface area contributed by atoms with E-state index in [2.05, 4.69) is 0 Å². The van der Waals surface area contributed by atoms with Crippen LogP contribution >= 0.6 is 0 Å². The summed E-state index contributed by atoms with van der Waals surface area (Å²) in [7, 11) is 0. The number of esters is 1. The van der Waals surface area contributed by atoms with Gasteiger partial charge in [-0.25, -0.2) is 0 Å². The normalized spacial score (nSPS) is 21.7. The Bertz CT molecular complexity index is 672. The highest BCUT2D eigenvalue weighted by Crippen LogP contribution is 2.64. The van der Waals surface area contributed by atoms with E-state index >= 15 is 0 Å². The second kappa shape index (κ2) is 5.22. The zero-order chi connectivity index (χ0) is 15.6. The molecule has 0 unspecified atom stereocenters. The van der Waals surface area contributed by atoms with Crippen LogP contribution in [0.15, 0.2) is 24.3 Å². The van der Waals surface area contributed by atoms with Gasteiger partial charge in [-0.3, -0.25) is 14.9 Å². The number of nitro benzene ring substituents is 1. The number of hydrogen-bond acceptors (Lipinski definition) is 6. The first kappa shape index (κ1) is 14.5. The van der Waals surface area contributed by atoms with Gasteiger partial charge in [-0.05, 0) is 12.5 Å². The molecule has 1 aromatic rings. The molecule has 0 heterocycles. The Morgan fingerprint density at radius 2 is 2.14 bits per heavy atom. The van der Waals surface area contributed by atoms with Gasteiger partial charge in [0.05, 0.1) is 29.6 Å². The van der Waals surface area contributed by atoms with Gasteiger partial charge < -0.3 is 4.74 Å². The first-order valence-corrected chi connectivity index (χ1v) is 6.25. The summed E-state index contributed by atoms with van der Waals surface area (Å²) in [6.45, 7) is 1.77. The summed E-state index contributed by atoms with van der Waals surface area (Å²) >= 11 is 0. The summed E-state index contributed by atoms with van der Waals surface area (Å²) in [6.07, 6.45) is 0. The molecule has 106 valence electrons. The maximum Gasteiger partial charge on any atom is 0.312 e. The van der Waals surface area contributed by atoms with Crippen LogP contribution in [0.5, 0.6) is 0 Å². The average molecular weight is 285 g/mol. The lowest BCUT2D eigenvalue weighted by molar-refractivity contribution is -0.384. The fourth-order valence-corrected chi connectivity index (χ4v) is 2.53. The maximum absolute atomic E-state index is 11.9. The van der Waals surface area contributed by atoms with Crippen molar-refractivity contribution in [2.75, 3.05) is 6.61 Å². The van der Waals surface area contributed by atoms with E-state index in [1.165, 1.54) is 18.2 Å². The summed E-state index contributed by atoms with van der Waals surface area (Å²) in [4.78, 5) is 22.1. The number of carbonyl (C=O) groups is 1. The third kappa shape index (κ3) is 2.19. The SMILES string of the molecule is CCOC(=O)[C@H]1[C@@H](c2cccc([N+](=O)[O-])c2)C1(C#N)C#N. The van der Waals surface area contributed by atoms with Crippen LogP contribution in [0, 0.1) is 44.1 Å². The monoisotopic (exact) mass is 285 g/mol. The van der Waals surface area contributed by atoms with Crippen molar-refractivity contribution in [3.63, 3.8) is 0 Å². The second-order valence-electron chi connectivity index (χ2n) is 4.65. The molecule has 0 amide bonds. The molecule has 0 radical (unpaired) electrons. The number of ether oxygens (including phenoxy) is 1. The molecule has 0 spiro atoms. The molecule has 1 aliphatic carbocycles. The van der Waals surface area contributed by atoms with Gasteiger partial charge in [-0.1, -0.05) is 12.1 Å². The van der Waals surface area contributed by atoms with Crippen molar-refractivity contribution in [3.05, 3.63) is 39.9 Å².